The van der Waals surface area contributed by atoms with Crippen molar-refractivity contribution in [2.45, 2.75) is 18.9 Å². The van der Waals surface area contributed by atoms with Crippen molar-refractivity contribution in [2.24, 2.45) is 0 Å². The molecule has 1 amide bonds. The number of fused-ring (bicyclic) bond motifs is 1. The topological polar surface area (TPSA) is 79.5 Å². The molecule has 2 N–H and O–H groups in total. The standard InChI is InChI=1S/C15H15NO4S/c1-9-2-3-11-10(6-9)7-12(20-11)13(17)16-15(14(18)19)4-5-21-8-15/h2-3,6-7H,4-5,8H2,1H3,(H,16,17)(H,18,19). The molecule has 1 atom stereocenters. The van der Waals surface area contributed by atoms with Gasteiger partial charge >= 0.3 is 5.97 Å². The molecule has 5 nitrogen and oxygen atoms in total. The van der Waals surface area contributed by atoms with E-state index in [1.165, 1.54) is 11.8 Å². The lowest BCUT2D eigenvalue weighted by Gasteiger charge is -2.23. The van der Waals surface area contributed by atoms with Gasteiger partial charge in [-0.2, -0.15) is 11.8 Å². The number of amides is 1. The highest BCUT2D eigenvalue weighted by Gasteiger charge is 2.43. The number of hydrogen-bond donors (Lipinski definition) is 2. The number of nitrogens with one attached hydrogen (secondary N) is 1. The first kappa shape index (κ1) is 14.0. The predicted molar refractivity (Wildman–Crippen MR) is 80.7 cm³/mol. The lowest BCUT2D eigenvalue weighted by atomic mass is 9.99. The maximum absolute atomic E-state index is 12.3. The third kappa shape index (κ3) is 2.51. The molecule has 1 unspecified atom stereocenters. The molecule has 0 bridgehead atoms. The summed E-state index contributed by atoms with van der Waals surface area (Å²) in [5.41, 5.74) is 0.511. The summed E-state index contributed by atoms with van der Waals surface area (Å²) in [4.78, 5) is 23.7. The van der Waals surface area contributed by atoms with Crippen LogP contribution in [-0.4, -0.2) is 34.0 Å². The monoisotopic (exact) mass is 305 g/mol. The molecule has 21 heavy (non-hydrogen) atoms. The van der Waals surface area contributed by atoms with Gasteiger partial charge in [0.15, 0.2) is 5.76 Å². The van der Waals surface area contributed by atoms with E-state index in [0.717, 1.165) is 16.7 Å². The molecule has 2 heterocycles. The number of furan rings is 1. The fraction of sp³-hybridized carbons (Fsp3) is 0.333. The Morgan fingerprint density at radius 1 is 1.38 bits per heavy atom. The van der Waals surface area contributed by atoms with E-state index in [1.54, 1.807) is 12.1 Å². The molecule has 0 aliphatic carbocycles. The van der Waals surface area contributed by atoms with Crippen LogP contribution < -0.4 is 5.32 Å². The maximum Gasteiger partial charge on any atom is 0.330 e. The largest absolute Gasteiger partial charge is 0.479 e. The second-order valence-electron chi connectivity index (χ2n) is 5.30. The summed E-state index contributed by atoms with van der Waals surface area (Å²) in [5.74, 6) is -0.214. The summed E-state index contributed by atoms with van der Waals surface area (Å²) in [5, 5.41) is 12.8. The SMILES string of the molecule is Cc1ccc2oc(C(=O)NC3(C(=O)O)CCSC3)cc2c1. The lowest BCUT2D eigenvalue weighted by molar-refractivity contribution is -0.143. The summed E-state index contributed by atoms with van der Waals surface area (Å²) >= 11 is 1.53. The normalized spacial score (nSPS) is 21.6. The number of hydrogen-bond acceptors (Lipinski definition) is 4. The zero-order valence-corrected chi connectivity index (χ0v) is 12.3. The van der Waals surface area contributed by atoms with Gasteiger partial charge in [-0.15, -0.1) is 0 Å². The van der Waals surface area contributed by atoms with Gasteiger partial charge < -0.3 is 14.8 Å². The maximum atomic E-state index is 12.3. The van der Waals surface area contributed by atoms with Crippen molar-refractivity contribution in [1.29, 1.82) is 0 Å². The van der Waals surface area contributed by atoms with Crippen molar-refractivity contribution in [3.8, 4) is 0 Å². The number of carbonyl (C=O) groups excluding carboxylic acids is 1. The van der Waals surface area contributed by atoms with Crippen LogP contribution in [0.4, 0.5) is 0 Å². The van der Waals surface area contributed by atoms with Crippen LogP contribution in [0.5, 0.6) is 0 Å². The first-order valence-electron chi connectivity index (χ1n) is 6.64. The van der Waals surface area contributed by atoms with Gasteiger partial charge in [-0.05, 0) is 37.3 Å². The predicted octanol–water partition coefficient (Wildman–Crippen LogP) is 2.43. The Bertz CT molecular complexity index is 716. The molecule has 1 aromatic heterocycles. The molecule has 1 saturated heterocycles. The first-order chi connectivity index (χ1) is 10.00. The first-order valence-corrected chi connectivity index (χ1v) is 7.79. The number of rotatable bonds is 3. The lowest BCUT2D eigenvalue weighted by Crippen LogP contribution is -2.54. The van der Waals surface area contributed by atoms with Crippen LogP contribution in [-0.2, 0) is 4.79 Å². The molecule has 1 fully saturated rings. The Morgan fingerprint density at radius 2 is 2.19 bits per heavy atom. The highest BCUT2D eigenvalue weighted by atomic mass is 32.2. The second kappa shape index (κ2) is 5.11. The van der Waals surface area contributed by atoms with Crippen molar-refractivity contribution in [3.63, 3.8) is 0 Å². The number of thioether (sulfide) groups is 1. The van der Waals surface area contributed by atoms with E-state index in [1.807, 2.05) is 19.1 Å². The third-order valence-electron chi connectivity index (χ3n) is 3.68. The van der Waals surface area contributed by atoms with Crippen molar-refractivity contribution in [2.75, 3.05) is 11.5 Å². The van der Waals surface area contributed by atoms with Crippen molar-refractivity contribution in [1.82, 2.24) is 5.32 Å². The number of carbonyl (C=O) groups is 2. The molecule has 0 spiro atoms. The molecule has 0 radical (unpaired) electrons. The van der Waals surface area contributed by atoms with Gasteiger partial charge in [0.1, 0.15) is 11.1 Å². The second-order valence-corrected chi connectivity index (χ2v) is 6.40. The number of carboxylic acids is 1. The summed E-state index contributed by atoms with van der Waals surface area (Å²) in [7, 11) is 0. The number of benzene rings is 1. The molecule has 2 aromatic rings. The summed E-state index contributed by atoms with van der Waals surface area (Å²) < 4.78 is 5.51. The van der Waals surface area contributed by atoms with E-state index in [4.69, 9.17) is 4.42 Å². The van der Waals surface area contributed by atoms with E-state index >= 15 is 0 Å². The van der Waals surface area contributed by atoms with Crippen molar-refractivity contribution >= 4 is 34.6 Å². The van der Waals surface area contributed by atoms with Gasteiger partial charge in [0.2, 0.25) is 0 Å². The Balaban J connectivity index is 1.88. The fourth-order valence-corrected chi connectivity index (χ4v) is 3.76. The van der Waals surface area contributed by atoms with Crippen LogP contribution >= 0.6 is 11.8 Å². The third-order valence-corrected chi connectivity index (χ3v) is 4.87. The molecule has 6 heteroatoms. The average Bonchev–Trinajstić information content (AvgIpc) is 3.05. The van der Waals surface area contributed by atoms with E-state index in [0.29, 0.717) is 17.8 Å². The molecule has 1 aliphatic rings. The Labute approximate surface area is 125 Å². The summed E-state index contributed by atoms with van der Waals surface area (Å²) in [6.07, 6.45) is 0.429. The summed E-state index contributed by atoms with van der Waals surface area (Å²) in [6.45, 7) is 1.96. The van der Waals surface area contributed by atoms with Crippen LogP contribution in [0.15, 0.2) is 28.7 Å². The van der Waals surface area contributed by atoms with Gasteiger partial charge in [0.05, 0.1) is 0 Å². The van der Waals surface area contributed by atoms with Gasteiger partial charge in [-0.3, -0.25) is 4.79 Å². The minimum absolute atomic E-state index is 0.146. The summed E-state index contributed by atoms with van der Waals surface area (Å²) in [6, 6.07) is 7.28. The molecular formula is C15H15NO4S. The minimum Gasteiger partial charge on any atom is -0.479 e. The minimum atomic E-state index is -1.18. The highest BCUT2D eigenvalue weighted by Crippen LogP contribution is 2.29. The molecular weight excluding hydrogens is 290 g/mol. The molecule has 1 aliphatic heterocycles. The van der Waals surface area contributed by atoms with Gasteiger partial charge in [-0.1, -0.05) is 11.6 Å². The van der Waals surface area contributed by atoms with E-state index in [9.17, 15) is 14.7 Å². The van der Waals surface area contributed by atoms with E-state index < -0.39 is 17.4 Å². The van der Waals surface area contributed by atoms with Gasteiger partial charge in [0.25, 0.3) is 5.91 Å². The molecule has 3 rings (SSSR count). The van der Waals surface area contributed by atoms with Crippen molar-refractivity contribution in [3.05, 3.63) is 35.6 Å². The number of carboxylic acid groups (broad SMARTS) is 1. The quantitative estimate of drug-likeness (QED) is 0.910. The number of aryl methyl sites for hydroxylation is 1. The zero-order valence-electron chi connectivity index (χ0n) is 11.5. The highest BCUT2D eigenvalue weighted by molar-refractivity contribution is 7.99. The van der Waals surface area contributed by atoms with E-state index in [-0.39, 0.29) is 5.76 Å². The van der Waals surface area contributed by atoms with Gasteiger partial charge in [0, 0.05) is 11.1 Å². The van der Waals surface area contributed by atoms with E-state index in [2.05, 4.69) is 5.32 Å². The van der Waals surface area contributed by atoms with Crippen LogP contribution in [0.3, 0.4) is 0 Å². The Hall–Kier alpha value is -1.95. The Morgan fingerprint density at radius 3 is 2.86 bits per heavy atom. The smallest absolute Gasteiger partial charge is 0.330 e. The van der Waals surface area contributed by atoms with Crippen LogP contribution in [0.1, 0.15) is 22.5 Å². The zero-order chi connectivity index (χ0) is 15.0. The molecule has 110 valence electrons. The van der Waals surface area contributed by atoms with Crippen molar-refractivity contribution < 1.29 is 19.1 Å². The number of aliphatic carboxylic acids is 1. The van der Waals surface area contributed by atoms with Crippen LogP contribution in [0.25, 0.3) is 11.0 Å². The molecule has 0 saturated carbocycles. The van der Waals surface area contributed by atoms with Crippen LogP contribution in [0.2, 0.25) is 0 Å². The van der Waals surface area contributed by atoms with Crippen LogP contribution in [0, 0.1) is 6.92 Å². The van der Waals surface area contributed by atoms with Gasteiger partial charge in [-0.25, -0.2) is 4.79 Å². The molecule has 1 aromatic carbocycles. The Kier molecular flexibility index (Phi) is 3.41. The average molecular weight is 305 g/mol. The fourth-order valence-electron chi connectivity index (χ4n) is 2.44.